The highest BCUT2D eigenvalue weighted by atomic mass is 19.1. The highest BCUT2D eigenvalue weighted by molar-refractivity contribution is 5.98. The van der Waals surface area contributed by atoms with Crippen molar-refractivity contribution in [3.05, 3.63) is 53.8 Å². The van der Waals surface area contributed by atoms with Crippen molar-refractivity contribution in [1.82, 2.24) is 9.71 Å². The number of amidine groups is 1. The van der Waals surface area contributed by atoms with E-state index in [2.05, 4.69) is 9.72 Å². The number of methoxy groups -OCH3 is 1. The molecule has 1 aromatic heterocycles. The van der Waals surface area contributed by atoms with E-state index in [0.29, 0.717) is 22.2 Å². The first-order chi connectivity index (χ1) is 11.5. The fraction of sp³-hybridized carbons (Fsp3) is 0.0625. The van der Waals surface area contributed by atoms with E-state index in [1.54, 1.807) is 18.2 Å². The molecule has 0 radical (unpaired) electrons. The molecule has 0 atom stereocenters. The number of nitrogens with two attached hydrogens (primary N) is 1. The average Bonchev–Trinajstić information content (AvgIpc) is 2.93. The minimum absolute atomic E-state index is 0.108. The van der Waals surface area contributed by atoms with Crippen molar-refractivity contribution < 1.29 is 18.8 Å². The third kappa shape index (κ3) is 2.76. The number of aromatic nitrogens is 2. The highest BCUT2D eigenvalue weighted by Gasteiger charge is 2.18. The van der Waals surface area contributed by atoms with Crippen molar-refractivity contribution >= 4 is 23.0 Å². The number of hydrogen-bond donors (Lipinski definition) is 2. The maximum atomic E-state index is 13.1. The Hall–Kier alpha value is -3.42. The molecule has 0 fully saturated rings. The summed E-state index contributed by atoms with van der Waals surface area (Å²) in [6.07, 6.45) is -0.923. The van der Waals surface area contributed by atoms with Crippen LogP contribution in [0, 0.1) is 11.2 Å². The molecule has 7 nitrogen and oxygen atoms in total. The number of fused-ring (bicyclic) bond motifs is 1. The van der Waals surface area contributed by atoms with Crippen LogP contribution in [0.25, 0.3) is 22.4 Å². The molecule has 0 saturated carbocycles. The number of nitrogens with one attached hydrogen (secondary N) is 1. The molecule has 0 saturated heterocycles. The predicted molar refractivity (Wildman–Crippen MR) is 85.1 cm³/mol. The van der Waals surface area contributed by atoms with Crippen LogP contribution in [0.4, 0.5) is 9.18 Å². The van der Waals surface area contributed by atoms with Crippen LogP contribution in [0.15, 0.2) is 42.5 Å². The van der Waals surface area contributed by atoms with Gasteiger partial charge in [0.15, 0.2) is 5.82 Å². The molecule has 0 amide bonds. The predicted octanol–water partition coefficient (Wildman–Crippen LogP) is 2.32. The Balaban J connectivity index is 2.21. The van der Waals surface area contributed by atoms with E-state index in [0.717, 1.165) is 0 Å². The number of hydrogen-bond acceptors (Lipinski definition) is 5. The largest absolute Gasteiger partial charge is 0.533 e. The van der Waals surface area contributed by atoms with Crippen molar-refractivity contribution in [2.24, 2.45) is 5.73 Å². The molecule has 0 unspecified atom stereocenters. The van der Waals surface area contributed by atoms with E-state index in [4.69, 9.17) is 16.0 Å². The Morgan fingerprint density at radius 3 is 2.58 bits per heavy atom. The smallest absolute Gasteiger partial charge is 0.436 e. The number of carbonyl (C=O) groups excluding carboxylic acids is 1. The Morgan fingerprint density at radius 2 is 1.96 bits per heavy atom. The lowest BCUT2D eigenvalue weighted by Gasteiger charge is -2.08. The van der Waals surface area contributed by atoms with Crippen molar-refractivity contribution in [3.63, 3.8) is 0 Å². The van der Waals surface area contributed by atoms with Crippen LogP contribution in [0.5, 0.6) is 0 Å². The molecule has 3 aromatic rings. The fourth-order valence-electron chi connectivity index (χ4n) is 2.21. The molecule has 1 heterocycles. The number of nitrogen functional groups attached to an aromatic ring is 1. The Morgan fingerprint density at radius 1 is 1.25 bits per heavy atom. The molecule has 0 spiro atoms. The molecule has 122 valence electrons. The monoisotopic (exact) mass is 328 g/mol. The first-order valence-corrected chi connectivity index (χ1v) is 6.88. The number of benzene rings is 2. The number of rotatable bonds is 3. The number of imidazole rings is 1. The van der Waals surface area contributed by atoms with E-state index in [-0.39, 0.29) is 11.7 Å². The van der Waals surface area contributed by atoms with Gasteiger partial charge >= 0.3 is 6.16 Å². The molecule has 0 aliphatic heterocycles. The second-order valence-corrected chi connectivity index (χ2v) is 4.90. The quantitative estimate of drug-likeness (QED) is 0.436. The third-order valence-electron chi connectivity index (χ3n) is 3.36. The normalized spacial score (nSPS) is 10.6. The van der Waals surface area contributed by atoms with Gasteiger partial charge in [-0.1, -0.05) is 0 Å². The SMILES string of the molecule is COC(=O)On1c(-c2ccc(F)cc2)nc2cc(C(=N)N)ccc21. The van der Waals surface area contributed by atoms with E-state index >= 15 is 0 Å². The second-order valence-electron chi connectivity index (χ2n) is 4.90. The molecule has 3 N–H and O–H groups in total. The Bertz CT molecular complexity index is 934. The zero-order chi connectivity index (χ0) is 17.3. The van der Waals surface area contributed by atoms with Gasteiger partial charge in [-0.2, -0.15) is 0 Å². The lowest BCUT2D eigenvalue weighted by atomic mass is 10.2. The average molecular weight is 328 g/mol. The van der Waals surface area contributed by atoms with Gasteiger partial charge in [0, 0.05) is 11.1 Å². The molecule has 2 aromatic carbocycles. The number of ether oxygens (including phenoxy) is 1. The summed E-state index contributed by atoms with van der Waals surface area (Å²) in [6, 6.07) is 10.4. The topological polar surface area (TPSA) is 103 Å². The number of carbonyl (C=O) groups is 1. The molecule has 0 bridgehead atoms. The van der Waals surface area contributed by atoms with Crippen LogP contribution in [-0.4, -0.2) is 28.8 Å². The van der Waals surface area contributed by atoms with Crippen LogP contribution >= 0.6 is 0 Å². The summed E-state index contributed by atoms with van der Waals surface area (Å²) in [7, 11) is 1.19. The molecular formula is C16H13FN4O3. The number of halogens is 1. The van der Waals surface area contributed by atoms with Crippen LogP contribution in [0.2, 0.25) is 0 Å². The second kappa shape index (κ2) is 5.99. The van der Waals surface area contributed by atoms with Gasteiger partial charge in [0.25, 0.3) is 0 Å². The summed E-state index contributed by atoms with van der Waals surface area (Å²) in [5.74, 6) is -0.214. The highest BCUT2D eigenvalue weighted by Crippen LogP contribution is 2.25. The van der Waals surface area contributed by atoms with Gasteiger partial charge < -0.3 is 10.5 Å². The number of nitrogens with zero attached hydrogens (tertiary/aromatic N) is 2. The van der Waals surface area contributed by atoms with Gasteiger partial charge in [-0.25, -0.2) is 14.2 Å². The zero-order valence-electron chi connectivity index (χ0n) is 12.6. The van der Waals surface area contributed by atoms with Crippen LogP contribution in [0.1, 0.15) is 5.56 Å². The summed E-state index contributed by atoms with van der Waals surface area (Å²) < 4.78 is 18.9. The van der Waals surface area contributed by atoms with Crippen molar-refractivity contribution in [1.29, 1.82) is 5.41 Å². The summed E-state index contributed by atoms with van der Waals surface area (Å²) in [5, 5.41) is 7.50. The van der Waals surface area contributed by atoms with Crippen molar-refractivity contribution in [2.45, 2.75) is 0 Å². The van der Waals surface area contributed by atoms with E-state index in [1.165, 1.54) is 36.1 Å². The maximum absolute atomic E-state index is 13.1. The molecule has 0 aliphatic rings. The molecule has 0 aliphatic carbocycles. The molecule has 8 heteroatoms. The van der Waals surface area contributed by atoms with Gasteiger partial charge in [0.2, 0.25) is 0 Å². The van der Waals surface area contributed by atoms with Crippen LogP contribution < -0.4 is 10.6 Å². The Labute approximate surface area is 135 Å². The summed E-state index contributed by atoms with van der Waals surface area (Å²) in [6.45, 7) is 0. The summed E-state index contributed by atoms with van der Waals surface area (Å²) >= 11 is 0. The van der Waals surface area contributed by atoms with Gasteiger partial charge in [-0.3, -0.25) is 10.2 Å². The zero-order valence-corrected chi connectivity index (χ0v) is 12.6. The summed E-state index contributed by atoms with van der Waals surface area (Å²) in [5.41, 5.74) is 7.45. The van der Waals surface area contributed by atoms with E-state index in [1.807, 2.05) is 0 Å². The van der Waals surface area contributed by atoms with E-state index < -0.39 is 12.0 Å². The standard InChI is InChI=1S/C16H13FN4O3/c1-23-16(22)24-21-13-7-4-10(14(18)19)8-12(13)20-15(21)9-2-5-11(17)6-3-9/h2-8H,1H3,(H3,18,19). The molecule has 24 heavy (non-hydrogen) atoms. The van der Waals surface area contributed by atoms with E-state index in [9.17, 15) is 9.18 Å². The van der Waals surface area contributed by atoms with Gasteiger partial charge in [0.1, 0.15) is 17.2 Å². The van der Waals surface area contributed by atoms with Gasteiger partial charge in [-0.15, -0.1) is 4.73 Å². The van der Waals surface area contributed by atoms with Crippen LogP contribution in [0.3, 0.4) is 0 Å². The van der Waals surface area contributed by atoms with Gasteiger partial charge in [-0.05, 0) is 42.5 Å². The lowest BCUT2D eigenvalue weighted by Crippen LogP contribution is -2.20. The minimum atomic E-state index is -0.923. The molecule has 3 rings (SSSR count). The fourth-order valence-corrected chi connectivity index (χ4v) is 2.21. The summed E-state index contributed by atoms with van der Waals surface area (Å²) in [4.78, 5) is 21.1. The first kappa shape index (κ1) is 15.5. The lowest BCUT2D eigenvalue weighted by molar-refractivity contribution is 0.0691. The van der Waals surface area contributed by atoms with Crippen molar-refractivity contribution in [2.75, 3.05) is 7.11 Å². The first-order valence-electron chi connectivity index (χ1n) is 6.88. The minimum Gasteiger partial charge on any atom is -0.436 e. The van der Waals surface area contributed by atoms with Gasteiger partial charge in [0.05, 0.1) is 12.6 Å². The van der Waals surface area contributed by atoms with Crippen molar-refractivity contribution in [3.8, 4) is 11.4 Å². The maximum Gasteiger partial charge on any atom is 0.533 e. The molecular weight excluding hydrogens is 315 g/mol. The van der Waals surface area contributed by atoms with Crippen LogP contribution in [-0.2, 0) is 4.74 Å². The third-order valence-corrected chi connectivity index (χ3v) is 3.36. The Kier molecular flexibility index (Phi) is 3.87.